The van der Waals surface area contributed by atoms with Crippen LogP contribution in [0.3, 0.4) is 0 Å². The number of piperidine rings is 1. The maximum absolute atomic E-state index is 14.3. The van der Waals surface area contributed by atoms with E-state index in [1.54, 1.807) is 23.7 Å². The SMILES string of the molecule is Cc1cc(C#C[C@]23CN(C)C[C@@]2(C)C3)cc(C(=O)NC(c2cc3ccccc3s2)c2ncn3c2C[C@@H](F)C3)n1. The highest BCUT2D eigenvalue weighted by Crippen LogP contribution is 2.67. The van der Waals surface area contributed by atoms with Gasteiger partial charge in [-0.2, -0.15) is 0 Å². The summed E-state index contributed by atoms with van der Waals surface area (Å²) >= 11 is 1.62. The fourth-order valence-electron chi connectivity index (χ4n) is 6.63. The molecule has 1 N–H and O–H groups in total. The second kappa shape index (κ2) is 8.73. The number of hydrogen-bond acceptors (Lipinski definition) is 5. The van der Waals surface area contributed by atoms with Gasteiger partial charge in [0.25, 0.3) is 5.91 Å². The molecule has 8 heteroatoms. The third-order valence-corrected chi connectivity index (χ3v) is 9.76. The van der Waals surface area contributed by atoms with Gasteiger partial charge in [-0.25, -0.2) is 14.4 Å². The zero-order chi connectivity index (χ0) is 26.9. The summed E-state index contributed by atoms with van der Waals surface area (Å²) < 4.78 is 17.3. The van der Waals surface area contributed by atoms with Crippen molar-refractivity contribution in [1.29, 1.82) is 0 Å². The standard InChI is InChI=1S/C31H30FN5OS/c1-19-10-20(8-9-31-15-30(31,2)16-36(3)17-31)11-23(34-19)29(38)35-28(26-12-21-6-4-5-7-25(21)39-26)27-24-13-22(32)14-37(24)18-33-27/h4-7,10-12,18,22,28H,13-17H2,1-3H3,(H,35,38)/t22-,28?,30-,31+/m1/s1. The Morgan fingerprint density at radius 3 is 2.90 bits per heavy atom. The molecule has 0 spiro atoms. The molecular weight excluding hydrogens is 509 g/mol. The monoisotopic (exact) mass is 539 g/mol. The topological polar surface area (TPSA) is 63.1 Å². The molecule has 7 rings (SSSR count). The highest BCUT2D eigenvalue weighted by atomic mass is 32.1. The third kappa shape index (κ3) is 4.16. The first-order valence-electron chi connectivity index (χ1n) is 13.4. The smallest absolute Gasteiger partial charge is 0.270 e. The molecular formula is C31H30FN5OS. The van der Waals surface area contributed by atoms with E-state index in [-0.39, 0.29) is 16.7 Å². The van der Waals surface area contributed by atoms with Crippen LogP contribution < -0.4 is 5.32 Å². The Bertz CT molecular complexity index is 1660. The Kier molecular flexibility index (Phi) is 5.49. The summed E-state index contributed by atoms with van der Waals surface area (Å²) in [4.78, 5) is 26.2. The summed E-state index contributed by atoms with van der Waals surface area (Å²) in [6, 6.07) is 13.4. The Balaban J connectivity index is 1.21. The van der Waals surface area contributed by atoms with Crippen LogP contribution in [0, 0.1) is 29.6 Å². The van der Waals surface area contributed by atoms with Crippen LogP contribution in [0.4, 0.5) is 4.39 Å². The quantitative estimate of drug-likeness (QED) is 0.375. The van der Waals surface area contributed by atoms with Crippen molar-refractivity contribution in [2.75, 3.05) is 20.1 Å². The lowest BCUT2D eigenvalue weighted by Gasteiger charge is -2.17. The predicted molar refractivity (Wildman–Crippen MR) is 150 cm³/mol. The van der Waals surface area contributed by atoms with Gasteiger partial charge in [-0.15, -0.1) is 11.3 Å². The van der Waals surface area contributed by atoms with Gasteiger partial charge < -0.3 is 14.8 Å². The molecule has 4 atom stereocenters. The van der Waals surface area contributed by atoms with Gasteiger partial charge in [0, 0.05) is 46.0 Å². The molecule has 3 aliphatic rings. The molecule has 1 saturated heterocycles. The molecule has 39 heavy (non-hydrogen) atoms. The second-order valence-electron chi connectivity index (χ2n) is 11.7. The van der Waals surface area contributed by atoms with Crippen LogP contribution in [-0.2, 0) is 13.0 Å². The number of likely N-dealkylation sites (tertiary alicyclic amines) is 1. The largest absolute Gasteiger partial charge is 0.337 e. The van der Waals surface area contributed by atoms with Gasteiger partial charge in [0.05, 0.1) is 24.0 Å². The van der Waals surface area contributed by atoms with Crippen LogP contribution >= 0.6 is 11.3 Å². The van der Waals surface area contributed by atoms with E-state index in [0.29, 0.717) is 24.4 Å². The number of thiophene rings is 1. The average molecular weight is 540 g/mol. The number of aromatic nitrogens is 3. The number of hydrogen-bond donors (Lipinski definition) is 1. The van der Waals surface area contributed by atoms with Gasteiger partial charge in [-0.05, 0) is 55.5 Å². The van der Waals surface area contributed by atoms with Crippen molar-refractivity contribution in [3.05, 3.63) is 82.0 Å². The van der Waals surface area contributed by atoms with Crippen molar-refractivity contribution in [3.63, 3.8) is 0 Å². The number of nitrogens with zero attached hydrogens (tertiary/aromatic N) is 4. The molecule has 0 radical (unpaired) electrons. The van der Waals surface area contributed by atoms with Crippen molar-refractivity contribution < 1.29 is 9.18 Å². The van der Waals surface area contributed by atoms with Gasteiger partial charge in [-0.1, -0.05) is 37.0 Å². The molecule has 5 heterocycles. The second-order valence-corrected chi connectivity index (χ2v) is 12.9. The lowest BCUT2D eigenvalue weighted by molar-refractivity contribution is 0.0937. The van der Waals surface area contributed by atoms with Crippen LogP contribution in [0.5, 0.6) is 0 Å². The number of imidazole rings is 1. The summed E-state index contributed by atoms with van der Waals surface area (Å²) in [5.74, 6) is 6.62. The zero-order valence-corrected chi connectivity index (χ0v) is 23.1. The van der Waals surface area contributed by atoms with Gasteiger partial charge in [0.1, 0.15) is 17.9 Å². The first-order valence-corrected chi connectivity index (χ1v) is 14.2. The number of carbonyl (C=O) groups excluding carboxylic acids is 1. The van der Waals surface area contributed by atoms with Crippen LogP contribution in [0.1, 0.15) is 57.4 Å². The van der Waals surface area contributed by atoms with Crippen molar-refractivity contribution in [1.82, 2.24) is 24.8 Å². The highest BCUT2D eigenvalue weighted by Gasteiger charge is 2.68. The molecule has 4 aromatic rings. The van der Waals surface area contributed by atoms with E-state index in [1.807, 2.05) is 29.7 Å². The fraction of sp³-hybridized carbons (Fsp3) is 0.387. The minimum atomic E-state index is -0.937. The van der Waals surface area contributed by atoms with E-state index in [9.17, 15) is 9.18 Å². The number of rotatable bonds is 4. The predicted octanol–water partition coefficient (Wildman–Crippen LogP) is 4.91. The molecule has 1 saturated carbocycles. The summed E-state index contributed by atoms with van der Waals surface area (Å²) in [6.45, 7) is 6.56. The van der Waals surface area contributed by atoms with Crippen LogP contribution in [0.15, 0.2) is 48.8 Å². The van der Waals surface area contributed by atoms with Crippen LogP contribution in [0.25, 0.3) is 10.1 Å². The lowest BCUT2D eigenvalue weighted by Crippen LogP contribution is -2.30. The molecule has 2 fully saturated rings. The lowest BCUT2D eigenvalue weighted by atomic mass is 9.98. The number of carbonyl (C=O) groups is 1. The number of halogens is 1. The van der Waals surface area contributed by atoms with E-state index in [1.165, 1.54) is 0 Å². The maximum Gasteiger partial charge on any atom is 0.270 e. The number of aryl methyl sites for hydroxylation is 1. The molecule has 198 valence electrons. The van der Waals surface area contributed by atoms with Crippen molar-refractivity contribution in [3.8, 4) is 11.8 Å². The van der Waals surface area contributed by atoms with Crippen LogP contribution in [0.2, 0.25) is 0 Å². The number of pyridine rings is 1. The number of amides is 1. The Morgan fingerprint density at radius 2 is 2.10 bits per heavy atom. The molecule has 1 amide bonds. The summed E-state index contributed by atoms with van der Waals surface area (Å²) in [7, 11) is 2.15. The minimum Gasteiger partial charge on any atom is -0.337 e. The van der Waals surface area contributed by atoms with Gasteiger partial charge >= 0.3 is 0 Å². The Hall–Kier alpha value is -3.54. The highest BCUT2D eigenvalue weighted by molar-refractivity contribution is 7.19. The van der Waals surface area contributed by atoms with E-state index < -0.39 is 12.2 Å². The average Bonchev–Trinajstić information content (AvgIpc) is 3.39. The van der Waals surface area contributed by atoms with Gasteiger partial charge in [0.2, 0.25) is 0 Å². The first kappa shape index (κ1) is 24.5. The van der Waals surface area contributed by atoms with Crippen molar-refractivity contribution >= 4 is 27.3 Å². The van der Waals surface area contributed by atoms with Gasteiger partial charge in [0.15, 0.2) is 0 Å². The Morgan fingerprint density at radius 1 is 1.26 bits per heavy atom. The van der Waals surface area contributed by atoms with E-state index in [0.717, 1.165) is 51.4 Å². The normalized spacial score (nSPS) is 26.1. The minimum absolute atomic E-state index is 0.0450. The molecule has 1 aliphatic carbocycles. The number of benzene rings is 1. The van der Waals surface area contributed by atoms with Crippen molar-refractivity contribution in [2.24, 2.45) is 10.8 Å². The third-order valence-electron chi connectivity index (χ3n) is 8.58. The summed E-state index contributed by atoms with van der Waals surface area (Å²) in [5.41, 5.74) is 3.70. The van der Waals surface area contributed by atoms with Gasteiger partial charge in [-0.3, -0.25) is 4.79 Å². The zero-order valence-electron chi connectivity index (χ0n) is 22.3. The molecule has 3 aromatic heterocycles. The first-order chi connectivity index (χ1) is 18.7. The van der Waals surface area contributed by atoms with E-state index in [4.69, 9.17) is 0 Å². The number of fused-ring (bicyclic) bond motifs is 3. The summed E-state index contributed by atoms with van der Waals surface area (Å²) in [5, 5.41) is 4.30. The molecule has 1 unspecified atom stereocenters. The fourth-order valence-corrected chi connectivity index (χ4v) is 7.75. The molecule has 6 nitrogen and oxygen atoms in total. The Labute approximate surface area is 231 Å². The number of alkyl halides is 1. The molecule has 0 bridgehead atoms. The van der Waals surface area contributed by atoms with E-state index in [2.05, 4.69) is 64.2 Å². The maximum atomic E-state index is 14.3. The molecule has 1 aromatic carbocycles. The number of nitrogens with one attached hydrogen (secondary N) is 1. The van der Waals surface area contributed by atoms with Crippen LogP contribution in [-0.4, -0.2) is 51.7 Å². The summed E-state index contributed by atoms with van der Waals surface area (Å²) in [6.07, 6.45) is 2.17. The molecule has 2 aliphatic heterocycles. The van der Waals surface area contributed by atoms with E-state index >= 15 is 0 Å². The van der Waals surface area contributed by atoms with Crippen molar-refractivity contribution in [2.45, 2.75) is 45.4 Å².